The highest BCUT2D eigenvalue weighted by Crippen LogP contribution is 2.04. The van der Waals surface area contributed by atoms with E-state index < -0.39 is 16.8 Å². The molecule has 3 atom stereocenters. The standard InChI is InChI=1S/C9H16N2O3S/c1-6(3-4-15(2)14)10-7-5-8(12)11-9(7)13/h6-7,10H,3-5H2,1-2H3,(H,11,12,13). The van der Waals surface area contributed by atoms with Crippen LogP contribution in [0.5, 0.6) is 0 Å². The van der Waals surface area contributed by atoms with Crippen molar-refractivity contribution in [2.45, 2.75) is 31.8 Å². The second-order valence-corrected chi connectivity index (χ2v) is 5.36. The zero-order valence-corrected chi connectivity index (χ0v) is 9.73. The SMILES string of the molecule is CC(CCS(C)=O)NC1CC(=O)NC1=O. The Labute approximate surface area is 91.4 Å². The van der Waals surface area contributed by atoms with Crippen LogP contribution in [0.1, 0.15) is 19.8 Å². The van der Waals surface area contributed by atoms with Gasteiger partial charge in [-0.15, -0.1) is 0 Å². The van der Waals surface area contributed by atoms with E-state index in [-0.39, 0.29) is 24.3 Å². The minimum Gasteiger partial charge on any atom is -0.303 e. The summed E-state index contributed by atoms with van der Waals surface area (Å²) in [4.78, 5) is 22.1. The molecule has 1 aliphatic heterocycles. The molecule has 1 heterocycles. The molecule has 0 aromatic carbocycles. The lowest BCUT2D eigenvalue weighted by Crippen LogP contribution is -2.41. The van der Waals surface area contributed by atoms with Crippen LogP contribution in [0.4, 0.5) is 0 Å². The van der Waals surface area contributed by atoms with Gasteiger partial charge in [0.25, 0.3) is 0 Å². The van der Waals surface area contributed by atoms with Crippen molar-refractivity contribution in [2.75, 3.05) is 12.0 Å². The zero-order valence-electron chi connectivity index (χ0n) is 8.91. The molecule has 0 saturated carbocycles. The largest absolute Gasteiger partial charge is 0.303 e. The van der Waals surface area contributed by atoms with E-state index in [9.17, 15) is 13.8 Å². The van der Waals surface area contributed by atoms with Gasteiger partial charge in [0.2, 0.25) is 11.8 Å². The number of hydrogen-bond donors (Lipinski definition) is 2. The van der Waals surface area contributed by atoms with Crippen molar-refractivity contribution in [3.8, 4) is 0 Å². The van der Waals surface area contributed by atoms with Gasteiger partial charge in [0.15, 0.2) is 0 Å². The average molecular weight is 232 g/mol. The summed E-state index contributed by atoms with van der Waals surface area (Å²) in [5, 5.41) is 5.28. The van der Waals surface area contributed by atoms with Crippen molar-refractivity contribution in [2.24, 2.45) is 0 Å². The number of carbonyl (C=O) groups excluding carboxylic acids is 2. The van der Waals surface area contributed by atoms with Gasteiger partial charge in [-0.25, -0.2) is 0 Å². The lowest BCUT2D eigenvalue weighted by atomic mass is 10.2. The molecule has 0 aliphatic carbocycles. The number of nitrogens with one attached hydrogen (secondary N) is 2. The Kier molecular flexibility index (Phi) is 4.41. The van der Waals surface area contributed by atoms with Gasteiger partial charge in [-0.1, -0.05) is 0 Å². The topological polar surface area (TPSA) is 75.3 Å². The predicted molar refractivity (Wildman–Crippen MR) is 57.7 cm³/mol. The van der Waals surface area contributed by atoms with Gasteiger partial charge >= 0.3 is 0 Å². The second-order valence-electron chi connectivity index (χ2n) is 3.80. The molecule has 2 N–H and O–H groups in total. The molecule has 0 spiro atoms. The number of hydrogen-bond acceptors (Lipinski definition) is 4. The first-order valence-corrected chi connectivity index (χ1v) is 6.61. The summed E-state index contributed by atoms with van der Waals surface area (Å²) in [5.74, 6) is 0.115. The van der Waals surface area contributed by atoms with E-state index in [4.69, 9.17) is 0 Å². The zero-order chi connectivity index (χ0) is 11.4. The number of carbonyl (C=O) groups is 2. The summed E-state index contributed by atoms with van der Waals surface area (Å²) in [5.41, 5.74) is 0. The molecule has 0 aromatic heterocycles. The number of amides is 2. The molecule has 1 saturated heterocycles. The van der Waals surface area contributed by atoms with Crippen molar-refractivity contribution in [3.63, 3.8) is 0 Å². The van der Waals surface area contributed by atoms with E-state index in [1.54, 1.807) is 6.26 Å². The van der Waals surface area contributed by atoms with Crippen LogP contribution in [0.25, 0.3) is 0 Å². The monoisotopic (exact) mass is 232 g/mol. The van der Waals surface area contributed by atoms with Crippen LogP contribution in [0.15, 0.2) is 0 Å². The molecule has 15 heavy (non-hydrogen) atoms. The Morgan fingerprint density at radius 2 is 2.27 bits per heavy atom. The predicted octanol–water partition coefficient (Wildman–Crippen LogP) is -0.852. The van der Waals surface area contributed by atoms with E-state index in [1.807, 2.05) is 6.92 Å². The lowest BCUT2D eigenvalue weighted by molar-refractivity contribution is -0.125. The quantitative estimate of drug-likeness (QED) is 0.605. The molecule has 5 nitrogen and oxygen atoms in total. The molecular formula is C9H16N2O3S. The third kappa shape index (κ3) is 4.09. The smallest absolute Gasteiger partial charge is 0.244 e. The van der Waals surface area contributed by atoms with Gasteiger partial charge in [-0.3, -0.25) is 19.1 Å². The van der Waals surface area contributed by atoms with Crippen molar-refractivity contribution in [3.05, 3.63) is 0 Å². The molecule has 2 amide bonds. The second kappa shape index (κ2) is 5.37. The first kappa shape index (κ1) is 12.3. The average Bonchev–Trinajstić information content (AvgIpc) is 2.42. The molecule has 1 aliphatic rings. The van der Waals surface area contributed by atoms with Crippen LogP contribution in [-0.4, -0.2) is 40.1 Å². The molecule has 3 unspecified atom stereocenters. The molecule has 1 rings (SSSR count). The molecule has 1 fully saturated rings. The van der Waals surface area contributed by atoms with Crippen LogP contribution in [0.2, 0.25) is 0 Å². The Balaban J connectivity index is 2.31. The van der Waals surface area contributed by atoms with Crippen LogP contribution in [-0.2, 0) is 20.4 Å². The third-order valence-electron chi connectivity index (χ3n) is 2.29. The van der Waals surface area contributed by atoms with Crippen LogP contribution >= 0.6 is 0 Å². The fourth-order valence-electron chi connectivity index (χ4n) is 1.46. The maximum atomic E-state index is 11.2. The van der Waals surface area contributed by atoms with Crippen molar-refractivity contribution < 1.29 is 13.8 Å². The summed E-state index contributed by atoms with van der Waals surface area (Å²) in [6.45, 7) is 1.92. The highest BCUT2D eigenvalue weighted by molar-refractivity contribution is 7.84. The first-order chi connectivity index (χ1) is 6.99. The highest BCUT2D eigenvalue weighted by Gasteiger charge is 2.30. The minimum atomic E-state index is -0.812. The summed E-state index contributed by atoms with van der Waals surface area (Å²) in [6.07, 6.45) is 2.60. The molecular weight excluding hydrogens is 216 g/mol. The minimum absolute atomic E-state index is 0.0931. The number of imide groups is 1. The van der Waals surface area contributed by atoms with E-state index in [0.717, 1.165) is 6.42 Å². The number of rotatable bonds is 5. The van der Waals surface area contributed by atoms with Gasteiger partial charge in [-0.05, 0) is 13.3 Å². The molecule has 0 bridgehead atoms. The summed E-state index contributed by atoms with van der Waals surface area (Å²) in [7, 11) is -0.812. The van der Waals surface area contributed by atoms with Gasteiger partial charge in [0, 0.05) is 28.9 Å². The van der Waals surface area contributed by atoms with Crippen LogP contribution in [0.3, 0.4) is 0 Å². The van der Waals surface area contributed by atoms with Crippen molar-refractivity contribution in [1.82, 2.24) is 10.6 Å². The van der Waals surface area contributed by atoms with Crippen LogP contribution in [0, 0.1) is 0 Å². The Morgan fingerprint density at radius 1 is 1.60 bits per heavy atom. The first-order valence-electron chi connectivity index (χ1n) is 4.89. The normalized spacial score (nSPS) is 25.1. The van der Waals surface area contributed by atoms with Gasteiger partial charge in [0.1, 0.15) is 0 Å². The molecule has 0 aromatic rings. The maximum absolute atomic E-state index is 11.2. The van der Waals surface area contributed by atoms with Gasteiger partial charge < -0.3 is 5.32 Å². The lowest BCUT2D eigenvalue weighted by Gasteiger charge is -2.16. The van der Waals surface area contributed by atoms with Crippen LogP contribution < -0.4 is 10.6 Å². The Hall–Kier alpha value is -0.750. The van der Waals surface area contributed by atoms with E-state index >= 15 is 0 Å². The maximum Gasteiger partial charge on any atom is 0.244 e. The summed E-state index contributed by atoms with van der Waals surface area (Å²) < 4.78 is 10.9. The summed E-state index contributed by atoms with van der Waals surface area (Å²) >= 11 is 0. The molecule has 86 valence electrons. The van der Waals surface area contributed by atoms with E-state index in [1.165, 1.54) is 0 Å². The Bertz CT molecular complexity index is 293. The molecule has 6 heteroatoms. The Morgan fingerprint density at radius 3 is 2.73 bits per heavy atom. The third-order valence-corrected chi connectivity index (χ3v) is 3.10. The fraction of sp³-hybridized carbons (Fsp3) is 0.778. The van der Waals surface area contributed by atoms with E-state index in [0.29, 0.717) is 5.75 Å². The molecule has 0 radical (unpaired) electrons. The van der Waals surface area contributed by atoms with Gasteiger partial charge in [-0.2, -0.15) is 0 Å². The summed E-state index contributed by atoms with van der Waals surface area (Å²) in [6, 6.07) is -0.326. The highest BCUT2D eigenvalue weighted by atomic mass is 32.2. The van der Waals surface area contributed by atoms with Crippen molar-refractivity contribution in [1.29, 1.82) is 0 Å². The fourth-order valence-corrected chi connectivity index (χ4v) is 2.14. The van der Waals surface area contributed by atoms with Crippen molar-refractivity contribution >= 4 is 22.6 Å². The van der Waals surface area contributed by atoms with E-state index in [2.05, 4.69) is 10.6 Å². The van der Waals surface area contributed by atoms with Gasteiger partial charge in [0.05, 0.1) is 12.5 Å².